The normalized spacial score (nSPS) is 13.5. The minimum atomic E-state index is -3.33. The van der Waals surface area contributed by atoms with Crippen molar-refractivity contribution in [1.82, 2.24) is 9.71 Å². The standard InChI is InChI=1S/C26H30N2O4S/c1-6-33(30,31)20-10-7-9-19(14-20)21-11-8-12-23-24(21)22-13-17(2)16-27-25(22)28(23)32-18(3)15-26(4,5)29/h7-14,16,18,29H,6,15H2,1-5H3/t18-/m0/s1. The number of pyridine rings is 1. The monoisotopic (exact) mass is 466 g/mol. The maximum Gasteiger partial charge on any atom is 0.178 e. The minimum Gasteiger partial charge on any atom is -0.409 e. The van der Waals surface area contributed by atoms with Crippen molar-refractivity contribution in [3.8, 4) is 11.1 Å². The molecular formula is C26H30N2O4S. The molecule has 0 aliphatic heterocycles. The van der Waals surface area contributed by atoms with Gasteiger partial charge in [0, 0.05) is 23.4 Å². The highest BCUT2D eigenvalue weighted by Crippen LogP contribution is 2.37. The molecule has 0 saturated carbocycles. The molecular weight excluding hydrogens is 436 g/mol. The third-order valence-electron chi connectivity index (χ3n) is 5.68. The van der Waals surface area contributed by atoms with E-state index in [0.29, 0.717) is 17.0 Å². The molecule has 0 unspecified atom stereocenters. The predicted octanol–water partition coefficient (Wildman–Crippen LogP) is 4.94. The quantitative estimate of drug-likeness (QED) is 0.417. The van der Waals surface area contributed by atoms with Crippen LogP contribution in [-0.2, 0) is 9.84 Å². The third kappa shape index (κ3) is 4.61. The minimum absolute atomic E-state index is 0.0516. The molecule has 0 aliphatic rings. The zero-order valence-corrected chi connectivity index (χ0v) is 20.5. The number of aryl methyl sites for hydroxylation is 1. The lowest BCUT2D eigenvalue weighted by atomic mass is 10.00. The third-order valence-corrected chi connectivity index (χ3v) is 7.42. The van der Waals surface area contributed by atoms with Gasteiger partial charge < -0.3 is 9.94 Å². The lowest BCUT2D eigenvalue weighted by Crippen LogP contribution is -2.31. The average molecular weight is 467 g/mol. The van der Waals surface area contributed by atoms with Gasteiger partial charge in [-0.1, -0.05) is 31.2 Å². The fourth-order valence-corrected chi connectivity index (χ4v) is 5.23. The topological polar surface area (TPSA) is 81.4 Å². The number of aromatic nitrogens is 2. The molecule has 0 aliphatic carbocycles. The Kier molecular flexibility index (Phi) is 5.97. The Hall–Kier alpha value is -2.90. The molecule has 7 heteroatoms. The molecule has 0 fully saturated rings. The second-order valence-electron chi connectivity index (χ2n) is 9.24. The molecule has 1 N–H and O–H groups in total. The van der Waals surface area contributed by atoms with Gasteiger partial charge in [-0.3, -0.25) is 0 Å². The Morgan fingerprint density at radius 3 is 2.58 bits per heavy atom. The van der Waals surface area contributed by atoms with Crippen LogP contribution in [-0.4, -0.2) is 40.7 Å². The number of rotatable bonds is 7. The van der Waals surface area contributed by atoms with E-state index in [-0.39, 0.29) is 11.9 Å². The summed E-state index contributed by atoms with van der Waals surface area (Å²) in [6.45, 7) is 9.08. The number of nitrogens with zero attached hydrogens (tertiary/aromatic N) is 2. The van der Waals surface area contributed by atoms with Crippen molar-refractivity contribution in [2.45, 2.75) is 57.6 Å². The fourth-order valence-electron chi connectivity index (χ4n) is 4.31. The highest BCUT2D eigenvalue weighted by atomic mass is 32.2. The first-order valence-corrected chi connectivity index (χ1v) is 12.8. The van der Waals surface area contributed by atoms with Crippen LogP contribution in [0.1, 0.15) is 39.7 Å². The summed E-state index contributed by atoms with van der Waals surface area (Å²) < 4.78 is 26.7. The molecule has 0 spiro atoms. The first-order valence-electron chi connectivity index (χ1n) is 11.1. The molecule has 0 saturated heterocycles. The summed E-state index contributed by atoms with van der Waals surface area (Å²) in [6, 6.07) is 15.0. The summed E-state index contributed by atoms with van der Waals surface area (Å²) in [7, 11) is -3.33. The molecule has 0 radical (unpaired) electrons. The first kappa shape index (κ1) is 23.3. The van der Waals surface area contributed by atoms with Crippen LogP contribution in [0.25, 0.3) is 33.1 Å². The van der Waals surface area contributed by atoms with E-state index in [1.165, 1.54) is 0 Å². The second-order valence-corrected chi connectivity index (χ2v) is 11.5. The average Bonchev–Trinajstić information content (AvgIpc) is 3.05. The van der Waals surface area contributed by atoms with Crippen LogP contribution in [0, 0.1) is 6.92 Å². The Labute approximate surface area is 194 Å². The number of sulfone groups is 1. The molecule has 1 atom stereocenters. The maximum absolute atomic E-state index is 12.5. The lowest BCUT2D eigenvalue weighted by Gasteiger charge is -2.23. The zero-order valence-electron chi connectivity index (χ0n) is 19.7. The van der Waals surface area contributed by atoms with Crippen LogP contribution in [0.2, 0.25) is 0 Å². The van der Waals surface area contributed by atoms with E-state index in [1.807, 2.05) is 38.1 Å². The molecule has 0 amide bonds. The summed E-state index contributed by atoms with van der Waals surface area (Å²) in [4.78, 5) is 11.2. The Morgan fingerprint density at radius 2 is 1.88 bits per heavy atom. The van der Waals surface area contributed by atoms with Crippen LogP contribution < -0.4 is 4.84 Å². The molecule has 6 nitrogen and oxygen atoms in total. The van der Waals surface area contributed by atoms with Crippen LogP contribution in [0.4, 0.5) is 0 Å². The van der Waals surface area contributed by atoms with Gasteiger partial charge in [0.1, 0.15) is 6.10 Å². The smallest absolute Gasteiger partial charge is 0.178 e. The number of hydrogen-bond donors (Lipinski definition) is 1. The van der Waals surface area contributed by atoms with Crippen molar-refractivity contribution < 1.29 is 18.4 Å². The van der Waals surface area contributed by atoms with Gasteiger partial charge in [-0.2, -0.15) is 4.73 Å². The van der Waals surface area contributed by atoms with Crippen LogP contribution >= 0.6 is 0 Å². The van der Waals surface area contributed by atoms with Crippen LogP contribution in [0.3, 0.4) is 0 Å². The van der Waals surface area contributed by atoms with Gasteiger partial charge in [0.05, 0.1) is 21.8 Å². The van der Waals surface area contributed by atoms with E-state index in [0.717, 1.165) is 33.0 Å². The Bertz CT molecular complexity index is 1430. The second kappa shape index (κ2) is 8.47. The van der Waals surface area contributed by atoms with Crippen molar-refractivity contribution in [2.75, 3.05) is 5.75 Å². The van der Waals surface area contributed by atoms with E-state index in [1.54, 1.807) is 49.9 Å². The van der Waals surface area contributed by atoms with Gasteiger partial charge in [-0.25, -0.2) is 13.4 Å². The molecule has 2 aromatic carbocycles. The van der Waals surface area contributed by atoms with Crippen molar-refractivity contribution in [2.24, 2.45) is 0 Å². The Balaban J connectivity index is 1.95. The lowest BCUT2D eigenvalue weighted by molar-refractivity contribution is -0.0120. The number of fused-ring (bicyclic) bond motifs is 3. The molecule has 174 valence electrons. The molecule has 4 rings (SSSR count). The van der Waals surface area contributed by atoms with E-state index in [9.17, 15) is 13.5 Å². The first-order chi connectivity index (χ1) is 15.5. The summed E-state index contributed by atoms with van der Waals surface area (Å²) in [6.07, 6.45) is 2.00. The van der Waals surface area contributed by atoms with Gasteiger partial charge in [0.15, 0.2) is 15.5 Å². The van der Waals surface area contributed by atoms with Gasteiger partial charge in [0.2, 0.25) is 0 Å². The molecule has 4 aromatic rings. The van der Waals surface area contributed by atoms with Gasteiger partial charge in [0.25, 0.3) is 0 Å². The van der Waals surface area contributed by atoms with Gasteiger partial charge >= 0.3 is 0 Å². The number of aliphatic hydroxyl groups is 1. The maximum atomic E-state index is 12.5. The van der Waals surface area contributed by atoms with Crippen LogP contribution in [0.5, 0.6) is 0 Å². The number of hydrogen-bond acceptors (Lipinski definition) is 5. The summed E-state index contributed by atoms with van der Waals surface area (Å²) in [5, 5.41) is 12.1. The molecule has 2 aromatic heterocycles. The van der Waals surface area contributed by atoms with Crippen molar-refractivity contribution in [1.29, 1.82) is 0 Å². The van der Waals surface area contributed by atoms with E-state index >= 15 is 0 Å². The molecule has 33 heavy (non-hydrogen) atoms. The van der Waals surface area contributed by atoms with E-state index in [4.69, 9.17) is 4.84 Å². The highest BCUT2D eigenvalue weighted by molar-refractivity contribution is 7.91. The predicted molar refractivity (Wildman–Crippen MR) is 132 cm³/mol. The van der Waals surface area contributed by atoms with Crippen molar-refractivity contribution in [3.05, 3.63) is 60.3 Å². The fraction of sp³-hybridized carbons (Fsp3) is 0.346. The summed E-state index contributed by atoms with van der Waals surface area (Å²) in [5.74, 6) is 0.0516. The SMILES string of the molecule is CCS(=O)(=O)c1cccc(-c2cccc3c2c2cc(C)cnc2n3O[C@@H](C)CC(C)(C)O)c1. The van der Waals surface area contributed by atoms with E-state index in [2.05, 4.69) is 11.1 Å². The molecule has 0 bridgehead atoms. The van der Waals surface area contributed by atoms with Gasteiger partial charge in [-0.15, -0.1) is 0 Å². The van der Waals surface area contributed by atoms with Gasteiger partial charge in [-0.05, 0) is 68.7 Å². The van der Waals surface area contributed by atoms with Crippen LogP contribution in [0.15, 0.2) is 59.6 Å². The molecule has 2 heterocycles. The van der Waals surface area contributed by atoms with Crippen molar-refractivity contribution >= 4 is 31.8 Å². The summed E-state index contributed by atoms with van der Waals surface area (Å²) in [5.41, 5.74) is 3.41. The zero-order chi connectivity index (χ0) is 24.0. The highest BCUT2D eigenvalue weighted by Gasteiger charge is 2.23. The largest absolute Gasteiger partial charge is 0.409 e. The summed E-state index contributed by atoms with van der Waals surface area (Å²) >= 11 is 0. The van der Waals surface area contributed by atoms with E-state index < -0.39 is 15.4 Å². The Morgan fingerprint density at radius 1 is 1.15 bits per heavy atom. The number of benzene rings is 2. The van der Waals surface area contributed by atoms with Crippen molar-refractivity contribution in [3.63, 3.8) is 0 Å².